The molecule has 0 atom stereocenters. The third kappa shape index (κ3) is 3.09. The molecule has 3 N–H and O–H groups in total. The van der Waals surface area contributed by atoms with Crippen LogP contribution < -0.4 is 5.73 Å². The average molecular weight is 272 g/mol. The Kier molecular flexibility index (Phi) is 3.94. The summed E-state index contributed by atoms with van der Waals surface area (Å²) in [5.41, 5.74) is 7.80. The summed E-state index contributed by atoms with van der Waals surface area (Å²) in [6.07, 6.45) is 3.23. The molecule has 2 nitrogen and oxygen atoms in total. The standard InChI is InChI=1S/C16H14F2N2/c1-10-8-13(16(20)9-14(10)18)15(19)7-4-11-2-5-12(17)6-3-11/h2-9,19H,20H2,1H3/b7-4+,19-15?. The monoisotopic (exact) mass is 272 g/mol. The van der Waals surface area contributed by atoms with E-state index in [0.717, 1.165) is 5.56 Å². The first-order valence-electron chi connectivity index (χ1n) is 6.05. The van der Waals surface area contributed by atoms with Crippen LogP contribution in [0.15, 0.2) is 42.5 Å². The van der Waals surface area contributed by atoms with Crippen LogP contribution in [0.4, 0.5) is 14.5 Å². The molecule has 0 heterocycles. The van der Waals surface area contributed by atoms with Gasteiger partial charge in [-0.2, -0.15) is 0 Å². The number of rotatable bonds is 3. The number of nitrogens with two attached hydrogens (primary N) is 1. The highest BCUT2D eigenvalue weighted by Gasteiger charge is 2.07. The fourth-order valence-corrected chi connectivity index (χ4v) is 1.77. The Morgan fingerprint density at radius 1 is 1.15 bits per heavy atom. The average Bonchev–Trinajstić information content (AvgIpc) is 2.42. The van der Waals surface area contributed by atoms with Gasteiger partial charge in [-0.1, -0.05) is 18.2 Å². The lowest BCUT2D eigenvalue weighted by Gasteiger charge is -2.06. The predicted octanol–water partition coefficient (Wildman–Crippen LogP) is 3.94. The van der Waals surface area contributed by atoms with Crippen molar-refractivity contribution in [1.29, 1.82) is 5.41 Å². The number of nitrogen functional groups attached to an aromatic ring is 1. The molecule has 0 spiro atoms. The molecule has 0 aliphatic heterocycles. The van der Waals surface area contributed by atoms with Gasteiger partial charge in [-0.15, -0.1) is 0 Å². The third-order valence-corrected chi connectivity index (χ3v) is 2.93. The summed E-state index contributed by atoms with van der Waals surface area (Å²) >= 11 is 0. The van der Waals surface area contributed by atoms with Gasteiger partial charge in [0.2, 0.25) is 0 Å². The van der Waals surface area contributed by atoms with E-state index < -0.39 is 0 Å². The summed E-state index contributed by atoms with van der Waals surface area (Å²) in [6.45, 7) is 1.62. The molecule has 0 unspecified atom stereocenters. The van der Waals surface area contributed by atoms with Crippen molar-refractivity contribution in [1.82, 2.24) is 0 Å². The maximum Gasteiger partial charge on any atom is 0.128 e. The van der Waals surface area contributed by atoms with Crippen LogP contribution in [0, 0.1) is 24.0 Å². The van der Waals surface area contributed by atoms with Crippen LogP contribution in [0.25, 0.3) is 6.08 Å². The first-order valence-corrected chi connectivity index (χ1v) is 6.05. The molecule has 0 aliphatic carbocycles. The first-order chi connectivity index (χ1) is 9.47. The van der Waals surface area contributed by atoms with E-state index in [1.807, 2.05) is 0 Å². The highest BCUT2D eigenvalue weighted by Crippen LogP contribution is 2.18. The van der Waals surface area contributed by atoms with Gasteiger partial charge in [-0.05, 0) is 48.4 Å². The summed E-state index contributed by atoms with van der Waals surface area (Å²) in [5, 5.41) is 7.97. The molecule has 0 saturated heterocycles. The molecule has 0 aromatic heterocycles. The van der Waals surface area contributed by atoms with Crippen LogP contribution in [0.2, 0.25) is 0 Å². The van der Waals surface area contributed by atoms with E-state index in [9.17, 15) is 8.78 Å². The normalized spacial score (nSPS) is 10.9. The lowest BCUT2D eigenvalue weighted by atomic mass is 10.0. The van der Waals surface area contributed by atoms with Crippen LogP contribution >= 0.6 is 0 Å². The van der Waals surface area contributed by atoms with Gasteiger partial charge >= 0.3 is 0 Å². The van der Waals surface area contributed by atoms with E-state index in [-0.39, 0.29) is 23.0 Å². The van der Waals surface area contributed by atoms with E-state index >= 15 is 0 Å². The second-order valence-corrected chi connectivity index (χ2v) is 4.49. The van der Waals surface area contributed by atoms with Crippen molar-refractivity contribution in [2.75, 3.05) is 5.73 Å². The number of nitrogens with one attached hydrogen (secondary N) is 1. The molecule has 0 bridgehead atoms. The van der Waals surface area contributed by atoms with Gasteiger partial charge < -0.3 is 11.1 Å². The van der Waals surface area contributed by atoms with Crippen molar-refractivity contribution < 1.29 is 8.78 Å². The van der Waals surface area contributed by atoms with Crippen molar-refractivity contribution in [2.24, 2.45) is 0 Å². The Morgan fingerprint density at radius 2 is 1.80 bits per heavy atom. The van der Waals surface area contributed by atoms with Crippen LogP contribution in [-0.2, 0) is 0 Å². The second kappa shape index (κ2) is 5.65. The van der Waals surface area contributed by atoms with Gasteiger partial charge in [-0.25, -0.2) is 8.78 Å². The zero-order valence-electron chi connectivity index (χ0n) is 11.0. The first kappa shape index (κ1) is 13.9. The molecule has 0 radical (unpaired) electrons. The molecule has 0 amide bonds. The van der Waals surface area contributed by atoms with Crippen LogP contribution in [0.5, 0.6) is 0 Å². The Balaban J connectivity index is 2.24. The summed E-state index contributed by atoms with van der Waals surface area (Å²) in [7, 11) is 0. The molecule has 0 saturated carbocycles. The molecular weight excluding hydrogens is 258 g/mol. The van der Waals surface area contributed by atoms with E-state index in [2.05, 4.69) is 0 Å². The zero-order chi connectivity index (χ0) is 14.7. The lowest BCUT2D eigenvalue weighted by molar-refractivity contribution is 0.619. The summed E-state index contributed by atoms with van der Waals surface area (Å²) in [6, 6.07) is 8.67. The molecule has 0 fully saturated rings. The topological polar surface area (TPSA) is 49.9 Å². The summed E-state index contributed by atoms with van der Waals surface area (Å²) in [4.78, 5) is 0. The van der Waals surface area contributed by atoms with Crippen LogP contribution in [0.1, 0.15) is 16.7 Å². The highest BCUT2D eigenvalue weighted by molar-refractivity contribution is 6.11. The van der Waals surface area contributed by atoms with E-state index in [1.165, 1.54) is 18.2 Å². The molecule has 2 aromatic carbocycles. The maximum absolute atomic E-state index is 13.3. The minimum atomic E-state index is -0.387. The number of allylic oxidation sites excluding steroid dienone is 1. The van der Waals surface area contributed by atoms with Gasteiger partial charge in [0.1, 0.15) is 11.6 Å². The minimum absolute atomic E-state index is 0.176. The molecule has 2 aromatic rings. The number of hydrogen-bond donors (Lipinski definition) is 2. The minimum Gasteiger partial charge on any atom is -0.398 e. The molecule has 4 heteroatoms. The molecule has 20 heavy (non-hydrogen) atoms. The number of aryl methyl sites for hydroxylation is 1. The van der Waals surface area contributed by atoms with Crippen LogP contribution in [0.3, 0.4) is 0 Å². The van der Waals surface area contributed by atoms with Crippen LogP contribution in [-0.4, -0.2) is 5.71 Å². The van der Waals surface area contributed by atoms with E-state index in [0.29, 0.717) is 11.1 Å². The van der Waals surface area contributed by atoms with Gasteiger partial charge in [0.25, 0.3) is 0 Å². The molecular formula is C16H14F2N2. The Bertz CT molecular complexity index is 674. The SMILES string of the molecule is Cc1cc(C(=N)/C=C/c2ccc(F)cc2)c(N)cc1F. The highest BCUT2D eigenvalue weighted by atomic mass is 19.1. The van der Waals surface area contributed by atoms with E-state index in [1.54, 1.807) is 37.3 Å². The Morgan fingerprint density at radius 3 is 2.45 bits per heavy atom. The quantitative estimate of drug-likeness (QED) is 0.645. The Labute approximate surface area is 116 Å². The number of anilines is 1. The van der Waals surface area contributed by atoms with Crippen molar-refractivity contribution in [2.45, 2.75) is 6.92 Å². The second-order valence-electron chi connectivity index (χ2n) is 4.49. The molecule has 0 aliphatic rings. The van der Waals surface area contributed by atoms with E-state index in [4.69, 9.17) is 11.1 Å². The number of hydrogen-bond acceptors (Lipinski definition) is 2. The van der Waals surface area contributed by atoms with Crippen molar-refractivity contribution in [3.05, 3.63) is 70.8 Å². The van der Waals surface area contributed by atoms with Gasteiger partial charge in [0.15, 0.2) is 0 Å². The summed E-state index contributed by atoms with van der Waals surface area (Å²) < 4.78 is 26.1. The van der Waals surface area contributed by atoms with Crippen molar-refractivity contribution in [3.8, 4) is 0 Å². The number of halogens is 2. The Hall–Kier alpha value is -2.49. The fourth-order valence-electron chi connectivity index (χ4n) is 1.77. The largest absolute Gasteiger partial charge is 0.398 e. The van der Waals surface area contributed by atoms with Gasteiger partial charge in [-0.3, -0.25) is 0 Å². The van der Waals surface area contributed by atoms with Crippen molar-refractivity contribution in [3.63, 3.8) is 0 Å². The maximum atomic E-state index is 13.3. The predicted molar refractivity (Wildman–Crippen MR) is 77.8 cm³/mol. The van der Waals surface area contributed by atoms with Gasteiger partial charge in [0.05, 0.1) is 5.71 Å². The van der Waals surface area contributed by atoms with Gasteiger partial charge in [0, 0.05) is 11.3 Å². The smallest absolute Gasteiger partial charge is 0.128 e. The third-order valence-electron chi connectivity index (χ3n) is 2.93. The molecule has 102 valence electrons. The fraction of sp³-hybridized carbons (Fsp3) is 0.0625. The lowest BCUT2D eigenvalue weighted by Crippen LogP contribution is -2.03. The van der Waals surface area contributed by atoms with Crippen molar-refractivity contribution >= 4 is 17.5 Å². The zero-order valence-corrected chi connectivity index (χ0v) is 11.0. The molecule has 2 rings (SSSR count). The number of benzene rings is 2. The summed E-state index contributed by atoms with van der Waals surface area (Å²) in [5.74, 6) is -0.697.